The van der Waals surface area contributed by atoms with Crippen LogP contribution in [-0.2, 0) is 7.05 Å². The Labute approximate surface area is 157 Å². The van der Waals surface area contributed by atoms with Gasteiger partial charge in [0, 0.05) is 17.7 Å². The smallest absolute Gasteiger partial charge is 0.201 e. The molecule has 2 aromatic carbocycles. The average molecular weight is 343 g/mol. The molecule has 26 heavy (non-hydrogen) atoms. The highest BCUT2D eigenvalue weighted by Crippen LogP contribution is 2.35. The summed E-state index contributed by atoms with van der Waals surface area (Å²) in [4.78, 5) is 0. The lowest BCUT2D eigenvalue weighted by molar-refractivity contribution is -0.660. The van der Waals surface area contributed by atoms with Crippen LogP contribution in [-0.4, -0.2) is 0 Å². The lowest BCUT2D eigenvalue weighted by atomic mass is 9.83. The first kappa shape index (κ1) is 17.0. The van der Waals surface area contributed by atoms with Gasteiger partial charge >= 0.3 is 0 Å². The number of hydrogen-bond acceptors (Lipinski definition) is 0. The number of rotatable bonds is 3. The van der Waals surface area contributed by atoms with Gasteiger partial charge in [-0.2, -0.15) is 0 Å². The highest BCUT2D eigenvalue weighted by Gasteiger charge is 2.19. The number of pyridine rings is 1. The van der Waals surface area contributed by atoms with Crippen molar-refractivity contribution in [2.75, 3.05) is 0 Å². The van der Waals surface area contributed by atoms with E-state index in [0.29, 0.717) is 0 Å². The fraction of sp³-hybridized carbons (Fsp3) is 0.320. The van der Waals surface area contributed by atoms with E-state index in [1.807, 2.05) is 0 Å². The van der Waals surface area contributed by atoms with Crippen molar-refractivity contribution >= 4 is 0 Å². The summed E-state index contributed by atoms with van der Waals surface area (Å²) < 4.78 is 2.23. The van der Waals surface area contributed by atoms with Gasteiger partial charge in [-0.3, -0.25) is 0 Å². The molecular weight excluding hydrogens is 314 g/mol. The molecule has 0 bridgehead atoms. The van der Waals surface area contributed by atoms with Crippen molar-refractivity contribution < 1.29 is 4.57 Å². The van der Waals surface area contributed by atoms with Crippen molar-refractivity contribution in [3.63, 3.8) is 0 Å². The molecule has 0 aliphatic heterocycles. The standard InChI is InChI=1S/C25H28N/c1-19-17-22(20-9-5-3-6-10-20)13-14-24(19)25-18-23(15-16-26(25)2)21-11-7-4-8-12-21/h4,7-8,11-18,20H,3,5-6,9-10H2,1-2H3/q+1. The molecule has 1 fully saturated rings. The molecule has 1 heterocycles. The van der Waals surface area contributed by atoms with E-state index in [1.54, 1.807) is 0 Å². The van der Waals surface area contributed by atoms with Crippen LogP contribution in [0.1, 0.15) is 49.1 Å². The Hall–Kier alpha value is -2.41. The van der Waals surface area contributed by atoms with E-state index in [9.17, 15) is 0 Å². The van der Waals surface area contributed by atoms with Crippen molar-refractivity contribution in [2.45, 2.75) is 44.9 Å². The maximum atomic E-state index is 2.43. The second-order valence-electron chi connectivity index (χ2n) is 7.69. The third-order valence-electron chi connectivity index (χ3n) is 5.86. The lowest BCUT2D eigenvalue weighted by Crippen LogP contribution is -2.30. The maximum Gasteiger partial charge on any atom is 0.213 e. The molecule has 0 atom stereocenters. The van der Waals surface area contributed by atoms with Gasteiger partial charge in [-0.1, -0.05) is 61.7 Å². The molecular formula is C25H28N+. The molecule has 4 rings (SSSR count). The molecule has 1 heteroatoms. The number of benzene rings is 2. The first-order chi connectivity index (χ1) is 12.7. The maximum absolute atomic E-state index is 2.43. The van der Waals surface area contributed by atoms with Crippen LogP contribution in [0.2, 0.25) is 0 Å². The Bertz CT molecular complexity index is 889. The monoisotopic (exact) mass is 342 g/mol. The Morgan fingerprint density at radius 3 is 2.31 bits per heavy atom. The van der Waals surface area contributed by atoms with Crippen LogP contribution in [0.3, 0.4) is 0 Å². The zero-order chi connectivity index (χ0) is 17.9. The summed E-state index contributed by atoms with van der Waals surface area (Å²) in [6.07, 6.45) is 9.08. The van der Waals surface area contributed by atoms with Crippen molar-refractivity contribution in [3.8, 4) is 22.4 Å². The summed E-state index contributed by atoms with van der Waals surface area (Å²) in [6, 6.07) is 22.3. The molecule has 132 valence electrons. The molecule has 1 saturated carbocycles. The molecule has 1 aliphatic carbocycles. The van der Waals surface area contributed by atoms with Gasteiger partial charge in [-0.25, -0.2) is 4.57 Å². The number of aryl methyl sites for hydroxylation is 2. The van der Waals surface area contributed by atoms with Gasteiger partial charge in [0.25, 0.3) is 0 Å². The molecule has 0 amide bonds. The van der Waals surface area contributed by atoms with E-state index in [2.05, 4.69) is 85.4 Å². The van der Waals surface area contributed by atoms with E-state index in [-0.39, 0.29) is 0 Å². The molecule has 3 aromatic rings. The first-order valence-electron chi connectivity index (χ1n) is 9.88. The molecule has 0 saturated heterocycles. The van der Waals surface area contributed by atoms with E-state index in [1.165, 1.54) is 65.6 Å². The van der Waals surface area contributed by atoms with E-state index in [4.69, 9.17) is 0 Å². The Kier molecular flexibility index (Phi) is 4.88. The van der Waals surface area contributed by atoms with Crippen LogP contribution in [0.25, 0.3) is 22.4 Å². The zero-order valence-electron chi connectivity index (χ0n) is 15.9. The van der Waals surface area contributed by atoms with E-state index in [0.717, 1.165) is 5.92 Å². The predicted octanol–water partition coefficient (Wildman–Crippen LogP) is 6.20. The zero-order valence-corrected chi connectivity index (χ0v) is 15.9. The fourth-order valence-corrected chi connectivity index (χ4v) is 4.31. The quantitative estimate of drug-likeness (QED) is 0.499. The first-order valence-corrected chi connectivity index (χ1v) is 9.88. The topological polar surface area (TPSA) is 3.88 Å². The minimum atomic E-state index is 0.765. The molecule has 1 aliphatic rings. The van der Waals surface area contributed by atoms with E-state index < -0.39 is 0 Å². The Morgan fingerprint density at radius 1 is 0.808 bits per heavy atom. The van der Waals surface area contributed by atoms with Gasteiger partial charge < -0.3 is 0 Å². The van der Waals surface area contributed by atoms with Gasteiger partial charge in [0.1, 0.15) is 7.05 Å². The van der Waals surface area contributed by atoms with Crippen molar-refractivity contribution in [1.29, 1.82) is 0 Å². The predicted molar refractivity (Wildman–Crippen MR) is 109 cm³/mol. The number of aromatic nitrogens is 1. The molecule has 0 unspecified atom stereocenters. The summed E-state index contributed by atoms with van der Waals surface area (Å²) >= 11 is 0. The second kappa shape index (κ2) is 7.45. The Morgan fingerprint density at radius 2 is 1.58 bits per heavy atom. The third-order valence-corrected chi connectivity index (χ3v) is 5.86. The summed E-state index contributed by atoms with van der Waals surface area (Å²) in [5.74, 6) is 0.765. The van der Waals surface area contributed by atoms with Gasteiger partial charge in [0.05, 0.1) is 0 Å². The van der Waals surface area contributed by atoms with Gasteiger partial charge in [-0.05, 0) is 54.0 Å². The second-order valence-corrected chi connectivity index (χ2v) is 7.69. The van der Waals surface area contributed by atoms with Crippen LogP contribution in [0.15, 0.2) is 66.9 Å². The highest BCUT2D eigenvalue weighted by atomic mass is 14.9. The van der Waals surface area contributed by atoms with Crippen molar-refractivity contribution in [3.05, 3.63) is 78.0 Å². The third kappa shape index (κ3) is 3.44. The molecule has 0 N–H and O–H groups in total. The summed E-state index contributed by atoms with van der Waals surface area (Å²) in [7, 11) is 2.14. The van der Waals surface area contributed by atoms with Crippen molar-refractivity contribution in [2.24, 2.45) is 7.05 Å². The lowest BCUT2D eigenvalue weighted by Gasteiger charge is -2.22. The summed E-state index contributed by atoms with van der Waals surface area (Å²) in [5, 5.41) is 0. The molecule has 0 spiro atoms. The summed E-state index contributed by atoms with van der Waals surface area (Å²) in [6.45, 7) is 2.26. The molecule has 0 radical (unpaired) electrons. The fourth-order valence-electron chi connectivity index (χ4n) is 4.31. The molecule has 1 aromatic heterocycles. The molecule has 1 nitrogen and oxygen atoms in total. The minimum absolute atomic E-state index is 0.765. The van der Waals surface area contributed by atoms with Gasteiger partial charge in [0.15, 0.2) is 6.20 Å². The largest absolute Gasteiger partial charge is 0.213 e. The van der Waals surface area contributed by atoms with Crippen LogP contribution < -0.4 is 4.57 Å². The van der Waals surface area contributed by atoms with Crippen LogP contribution in [0.5, 0.6) is 0 Å². The average Bonchev–Trinajstić information content (AvgIpc) is 2.70. The number of hydrogen-bond donors (Lipinski definition) is 0. The normalized spacial score (nSPS) is 15.2. The highest BCUT2D eigenvalue weighted by molar-refractivity contribution is 5.70. The Balaban J connectivity index is 1.71. The van der Waals surface area contributed by atoms with E-state index >= 15 is 0 Å². The van der Waals surface area contributed by atoms with Crippen LogP contribution in [0.4, 0.5) is 0 Å². The summed E-state index contributed by atoms with van der Waals surface area (Å²) in [5.41, 5.74) is 8.07. The van der Waals surface area contributed by atoms with Gasteiger partial charge in [-0.15, -0.1) is 0 Å². The number of nitrogens with zero attached hydrogens (tertiary/aromatic N) is 1. The van der Waals surface area contributed by atoms with Gasteiger partial charge in [0.2, 0.25) is 5.69 Å². The van der Waals surface area contributed by atoms with Crippen LogP contribution >= 0.6 is 0 Å². The SMILES string of the molecule is Cc1cc(C2CCCCC2)ccc1-c1cc(-c2ccccc2)cc[n+]1C. The van der Waals surface area contributed by atoms with Crippen LogP contribution in [0, 0.1) is 6.92 Å². The minimum Gasteiger partial charge on any atom is -0.201 e. The van der Waals surface area contributed by atoms with Crippen molar-refractivity contribution in [1.82, 2.24) is 0 Å².